The monoisotopic (exact) mass is 528 g/mol. The Kier molecular flexibility index (Phi) is 6.65. The van der Waals surface area contributed by atoms with Crippen molar-refractivity contribution in [2.45, 2.75) is 25.9 Å². The van der Waals surface area contributed by atoms with E-state index in [0.29, 0.717) is 43.9 Å². The molecule has 1 atom stereocenters. The summed E-state index contributed by atoms with van der Waals surface area (Å²) in [6, 6.07) is 2.16. The van der Waals surface area contributed by atoms with Gasteiger partial charge in [0, 0.05) is 44.9 Å². The van der Waals surface area contributed by atoms with E-state index < -0.39 is 35.4 Å². The number of urea groups is 1. The zero-order valence-corrected chi connectivity index (χ0v) is 20.3. The molecule has 0 saturated carbocycles. The van der Waals surface area contributed by atoms with Gasteiger partial charge >= 0.3 is 6.03 Å². The summed E-state index contributed by atoms with van der Waals surface area (Å²) in [4.78, 5) is 37.2. The van der Waals surface area contributed by atoms with Crippen LogP contribution in [0.2, 0.25) is 0 Å². The van der Waals surface area contributed by atoms with E-state index >= 15 is 0 Å². The maximum atomic E-state index is 14.6. The molecule has 3 aromatic rings. The Labute approximate surface area is 214 Å². The molecular weight excluding hydrogens is 505 g/mol. The van der Waals surface area contributed by atoms with Gasteiger partial charge in [0.2, 0.25) is 11.9 Å². The molecule has 2 aliphatic rings. The average Bonchev–Trinajstić information content (AvgIpc) is 3.50. The Morgan fingerprint density at radius 2 is 1.74 bits per heavy atom. The van der Waals surface area contributed by atoms with Crippen LogP contribution in [0, 0.1) is 24.4 Å². The van der Waals surface area contributed by atoms with Crippen LogP contribution >= 0.6 is 0 Å². The van der Waals surface area contributed by atoms with E-state index in [-0.39, 0.29) is 23.9 Å². The lowest BCUT2D eigenvalue weighted by Gasteiger charge is -2.37. The predicted octanol–water partition coefficient (Wildman–Crippen LogP) is 1.62. The number of benzene rings is 1. The number of amides is 3. The Morgan fingerprint density at radius 3 is 2.42 bits per heavy atom. The largest absolute Gasteiger partial charge is 0.368 e. The summed E-state index contributed by atoms with van der Waals surface area (Å²) in [5.74, 6) is -2.56. The van der Waals surface area contributed by atoms with Crippen molar-refractivity contribution in [3.63, 3.8) is 0 Å². The van der Waals surface area contributed by atoms with Crippen molar-refractivity contribution < 1.29 is 22.8 Å². The molecule has 0 spiro atoms. The summed E-state index contributed by atoms with van der Waals surface area (Å²) in [5, 5.41) is 13.6. The summed E-state index contributed by atoms with van der Waals surface area (Å²) >= 11 is 0. The highest BCUT2D eigenvalue weighted by molar-refractivity contribution is 5.79. The number of halogens is 3. The van der Waals surface area contributed by atoms with Crippen molar-refractivity contribution in [1.82, 2.24) is 34.9 Å². The van der Waals surface area contributed by atoms with Crippen LogP contribution in [0.1, 0.15) is 23.7 Å². The third-order valence-corrected chi connectivity index (χ3v) is 6.21. The number of carbonyl (C=O) groups is 2. The number of aromatic nitrogens is 5. The third-order valence-electron chi connectivity index (χ3n) is 6.21. The fourth-order valence-corrected chi connectivity index (χ4v) is 4.42. The van der Waals surface area contributed by atoms with Gasteiger partial charge in [-0.15, -0.1) is 0 Å². The van der Waals surface area contributed by atoms with E-state index in [4.69, 9.17) is 5.73 Å². The van der Waals surface area contributed by atoms with E-state index in [1.807, 2.05) is 0 Å². The van der Waals surface area contributed by atoms with Gasteiger partial charge in [-0.05, 0) is 24.6 Å². The second-order valence-corrected chi connectivity index (χ2v) is 8.85. The number of aryl methyl sites for hydroxylation is 1. The topological polar surface area (TPSA) is 139 Å². The van der Waals surface area contributed by atoms with Crippen molar-refractivity contribution in [3.8, 4) is 11.4 Å². The number of anilines is 1. The van der Waals surface area contributed by atoms with E-state index in [0.717, 1.165) is 17.1 Å². The second kappa shape index (κ2) is 10.1. The van der Waals surface area contributed by atoms with Crippen molar-refractivity contribution in [3.05, 3.63) is 53.1 Å². The van der Waals surface area contributed by atoms with Gasteiger partial charge in [-0.3, -0.25) is 4.79 Å². The standard InChI is InChI=1S/C23H23F3N10O2/c1-13-20(32-35(31-13)12-19(27)37)21-17(26)11-28-22(30-21)33-4-6-34(7-5-33)23(38)36-18(2-3-29-36)14-8-15(24)10-16(25)9-14/h3,8-11,18H,2,4-7,12H2,1H3,(H2,27,37). The fraction of sp³-hybridized carbons (Fsp3) is 0.348. The van der Waals surface area contributed by atoms with Gasteiger partial charge in [0.1, 0.15) is 29.6 Å². The predicted molar refractivity (Wildman–Crippen MR) is 128 cm³/mol. The molecule has 1 saturated heterocycles. The van der Waals surface area contributed by atoms with Crippen molar-refractivity contribution >= 4 is 24.1 Å². The number of nitrogens with two attached hydrogens (primary N) is 1. The van der Waals surface area contributed by atoms with Crippen molar-refractivity contribution in [1.29, 1.82) is 0 Å². The maximum absolute atomic E-state index is 14.6. The zero-order chi connectivity index (χ0) is 27.0. The summed E-state index contributed by atoms with van der Waals surface area (Å²) < 4.78 is 42.1. The minimum atomic E-state index is -0.725. The van der Waals surface area contributed by atoms with Gasteiger partial charge in [0.15, 0.2) is 5.82 Å². The highest BCUT2D eigenvalue weighted by Gasteiger charge is 2.34. The quantitative estimate of drug-likeness (QED) is 0.531. The Bertz CT molecular complexity index is 1400. The lowest BCUT2D eigenvalue weighted by Crippen LogP contribution is -2.52. The summed E-state index contributed by atoms with van der Waals surface area (Å²) in [6.45, 7) is 2.63. The first-order valence-electron chi connectivity index (χ1n) is 11.7. The highest BCUT2D eigenvalue weighted by atomic mass is 19.1. The molecule has 2 N–H and O–H groups in total. The first-order chi connectivity index (χ1) is 18.2. The third kappa shape index (κ3) is 4.99. The molecule has 198 valence electrons. The molecule has 38 heavy (non-hydrogen) atoms. The number of carbonyl (C=O) groups excluding carboxylic acids is 2. The smallest absolute Gasteiger partial charge is 0.341 e. The zero-order valence-electron chi connectivity index (χ0n) is 20.3. The number of hydrazone groups is 1. The number of hydrogen-bond donors (Lipinski definition) is 1. The lowest BCUT2D eigenvalue weighted by molar-refractivity contribution is -0.118. The van der Waals surface area contributed by atoms with E-state index in [1.165, 1.54) is 23.4 Å². The SMILES string of the molecule is Cc1nn(CC(N)=O)nc1-c1nc(N2CCN(C(=O)N3N=CCC3c3cc(F)cc(F)c3)CC2)ncc1F. The molecule has 0 radical (unpaired) electrons. The van der Waals surface area contributed by atoms with Crippen LogP contribution in [0.5, 0.6) is 0 Å². The van der Waals surface area contributed by atoms with Gasteiger partial charge in [-0.1, -0.05) is 0 Å². The number of hydrogen-bond acceptors (Lipinski definition) is 8. The molecule has 12 nitrogen and oxygen atoms in total. The first kappa shape index (κ1) is 25.1. The molecule has 3 amide bonds. The molecule has 1 fully saturated rings. The van der Waals surface area contributed by atoms with Crippen molar-refractivity contribution in [2.75, 3.05) is 31.1 Å². The lowest BCUT2D eigenvalue weighted by atomic mass is 10.0. The van der Waals surface area contributed by atoms with Crippen LogP contribution in [-0.2, 0) is 11.3 Å². The average molecular weight is 528 g/mol. The molecule has 5 rings (SSSR count). The maximum Gasteiger partial charge on any atom is 0.341 e. The van der Waals surface area contributed by atoms with Crippen LogP contribution in [0.3, 0.4) is 0 Å². The fourth-order valence-electron chi connectivity index (χ4n) is 4.42. The normalized spacial score (nSPS) is 17.4. The van der Waals surface area contributed by atoms with Crippen LogP contribution in [0.25, 0.3) is 11.4 Å². The molecule has 0 aliphatic carbocycles. The van der Waals surface area contributed by atoms with Gasteiger partial charge in [0.25, 0.3) is 0 Å². The molecular formula is C23H23F3N10O2. The van der Waals surface area contributed by atoms with E-state index in [1.54, 1.807) is 16.7 Å². The Morgan fingerprint density at radius 1 is 1.03 bits per heavy atom. The first-order valence-corrected chi connectivity index (χ1v) is 11.7. The molecule has 2 aromatic heterocycles. The number of piperazine rings is 1. The number of nitrogens with zero attached hydrogens (tertiary/aromatic N) is 9. The second-order valence-electron chi connectivity index (χ2n) is 8.85. The Balaban J connectivity index is 1.28. The van der Waals surface area contributed by atoms with Gasteiger partial charge in [-0.2, -0.15) is 20.1 Å². The molecule has 0 bridgehead atoms. The van der Waals surface area contributed by atoms with E-state index in [2.05, 4.69) is 25.3 Å². The summed E-state index contributed by atoms with van der Waals surface area (Å²) in [6.07, 6.45) is 2.91. The van der Waals surface area contributed by atoms with Gasteiger partial charge in [0.05, 0.1) is 17.9 Å². The van der Waals surface area contributed by atoms with E-state index in [9.17, 15) is 22.8 Å². The molecule has 1 unspecified atom stereocenters. The molecule has 1 aromatic carbocycles. The van der Waals surface area contributed by atoms with Gasteiger partial charge in [-0.25, -0.2) is 32.9 Å². The molecule has 15 heteroatoms. The highest BCUT2D eigenvalue weighted by Crippen LogP contribution is 2.31. The number of rotatable bonds is 5. The summed E-state index contributed by atoms with van der Waals surface area (Å²) in [7, 11) is 0. The minimum Gasteiger partial charge on any atom is -0.368 e. The Hall–Kier alpha value is -4.56. The van der Waals surface area contributed by atoms with Crippen LogP contribution in [0.15, 0.2) is 29.5 Å². The minimum absolute atomic E-state index is 0.0710. The molecule has 2 aliphatic heterocycles. The molecule has 4 heterocycles. The number of primary amides is 1. The van der Waals surface area contributed by atoms with Crippen LogP contribution in [-0.4, -0.2) is 79.2 Å². The van der Waals surface area contributed by atoms with Gasteiger partial charge < -0.3 is 15.5 Å². The van der Waals surface area contributed by atoms with Crippen LogP contribution < -0.4 is 10.6 Å². The van der Waals surface area contributed by atoms with Crippen LogP contribution in [0.4, 0.5) is 23.9 Å². The summed E-state index contributed by atoms with van der Waals surface area (Å²) in [5.41, 5.74) is 5.96. The van der Waals surface area contributed by atoms with Crippen molar-refractivity contribution in [2.24, 2.45) is 10.8 Å².